The second kappa shape index (κ2) is 11.1. The van der Waals surface area contributed by atoms with Gasteiger partial charge in [-0.15, -0.1) is 0 Å². The average Bonchev–Trinajstić information content (AvgIpc) is 3.73. The Morgan fingerprint density at radius 1 is 1.03 bits per heavy atom. The van der Waals surface area contributed by atoms with Crippen LogP contribution >= 0.6 is 0 Å². The third-order valence-corrected chi connectivity index (χ3v) is 10.4. The molecule has 1 saturated carbocycles. The summed E-state index contributed by atoms with van der Waals surface area (Å²) in [4.78, 5) is 41.2. The van der Waals surface area contributed by atoms with Crippen molar-refractivity contribution in [2.75, 3.05) is 45.8 Å². The van der Waals surface area contributed by atoms with Crippen molar-refractivity contribution in [3.63, 3.8) is 0 Å². The van der Waals surface area contributed by atoms with Gasteiger partial charge in [0.25, 0.3) is 5.91 Å². The molecule has 4 unspecified atom stereocenters. The molecule has 4 aliphatic rings. The lowest BCUT2D eigenvalue weighted by Gasteiger charge is -2.34. The van der Waals surface area contributed by atoms with E-state index in [-0.39, 0.29) is 17.4 Å². The molecule has 1 aromatic heterocycles. The van der Waals surface area contributed by atoms with Gasteiger partial charge in [-0.2, -0.15) is 0 Å². The summed E-state index contributed by atoms with van der Waals surface area (Å²) in [6, 6.07) is 11.1. The second-order valence-corrected chi connectivity index (χ2v) is 12.7. The normalized spacial score (nSPS) is 28.7. The maximum Gasteiger partial charge on any atom is 0.257 e. The van der Waals surface area contributed by atoms with Crippen molar-refractivity contribution in [1.29, 1.82) is 0 Å². The summed E-state index contributed by atoms with van der Waals surface area (Å²) in [5.41, 5.74) is 3.75. The van der Waals surface area contributed by atoms with Crippen molar-refractivity contribution in [3.8, 4) is 0 Å². The van der Waals surface area contributed by atoms with Crippen LogP contribution in [0.25, 0.3) is 0 Å². The third-order valence-electron chi connectivity index (χ3n) is 10.4. The number of aryl methyl sites for hydroxylation is 2. The fraction of sp³-hybridized carbons (Fsp3) is 0.625. The highest BCUT2D eigenvalue weighted by Crippen LogP contribution is 2.42. The molecule has 7 heteroatoms. The molecule has 1 aromatic carbocycles. The minimum absolute atomic E-state index is 0.0787. The monoisotopic (exact) mass is 529 g/mol. The van der Waals surface area contributed by atoms with Gasteiger partial charge in [-0.3, -0.25) is 9.69 Å². The topological polar surface area (TPSA) is 69.6 Å². The molecule has 7 nitrogen and oxygen atoms in total. The van der Waals surface area contributed by atoms with E-state index < -0.39 is 0 Å². The molecule has 4 heterocycles. The van der Waals surface area contributed by atoms with Gasteiger partial charge < -0.3 is 14.6 Å². The number of hydrogen-bond donors (Lipinski definition) is 0. The van der Waals surface area contributed by atoms with Gasteiger partial charge in [0.2, 0.25) is 0 Å². The van der Waals surface area contributed by atoms with Crippen LogP contribution in [0.1, 0.15) is 65.8 Å². The molecule has 0 spiro atoms. The van der Waals surface area contributed by atoms with Crippen LogP contribution in [0, 0.1) is 31.6 Å². The number of amides is 1. The van der Waals surface area contributed by atoms with Crippen molar-refractivity contribution in [3.05, 3.63) is 59.2 Å². The van der Waals surface area contributed by atoms with Gasteiger partial charge in [-0.1, -0.05) is 43.2 Å². The predicted molar refractivity (Wildman–Crippen MR) is 152 cm³/mol. The van der Waals surface area contributed by atoms with Crippen LogP contribution in [0.4, 0.5) is 0 Å². The van der Waals surface area contributed by atoms with Crippen molar-refractivity contribution in [2.45, 2.75) is 63.8 Å². The smallest absolute Gasteiger partial charge is 0.257 e. The standard InChI is InChI=1S/C32H43N5O2/c1-23-30(24(2)34-22-33-23)31(39)37-18-26-16-35(17-27(26)19-37)14-12-32(28-10-4-3-5-11-28)13-15-36(21-32)29(20-38)25-8-6-7-9-25/h3-5,10-11,20,22,25-27,29H,6-9,12-19,21H2,1-2H3. The summed E-state index contributed by atoms with van der Waals surface area (Å²) >= 11 is 0. The Labute approximate surface area is 233 Å². The molecule has 0 radical (unpaired) electrons. The Balaban J connectivity index is 1.10. The fourth-order valence-corrected chi connectivity index (χ4v) is 8.20. The summed E-state index contributed by atoms with van der Waals surface area (Å²) in [6.07, 6.45) is 9.96. The molecule has 1 amide bonds. The van der Waals surface area contributed by atoms with E-state index in [1.54, 1.807) is 0 Å². The first kappa shape index (κ1) is 26.6. The lowest BCUT2D eigenvalue weighted by atomic mass is 9.76. The highest BCUT2D eigenvalue weighted by Gasteiger charge is 2.46. The van der Waals surface area contributed by atoms with E-state index in [9.17, 15) is 9.59 Å². The van der Waals surface area contributed by atoms with Crippen molar-refractivity contribution >= 4 is 12.2 Å². The van der Waals surface area contributed by atoms with E-state index in [0.29, 0.717) is 23.3 Å². The maximum absolute atomic E-state index is 13.3. The zero-order valence-corrected chi connectivity index (χ0v) is 23.6. The number of aromatic nitrogens is 2. The maximum atomic E-state index is 13.3. The van der Waals surface area contributed by atoms with Gasteiger partial charge in [-0.05, 0) is 75.9 Å². The first-order chi connectivity index (χ1) is 19.0. The number of likely N-dealkylation sites (tertiary alicyclic amines) is 3. The zero-order valence-electron chi connectivity index (χ0n) is 23.6. The first-order valence-corrected chi connectivity index (χ1v) is 15.0. The van der Waals surface area contributed by atoms with E-state index in [1.807, 2.05) is 18.7 Å². The Bertz CT molecular complexity index is 1150. The lowest BCUT2D eigenvalue weighted by molar-refractivity contribution is -0.113. The molecule has 3 aliphatic heterocycles. The molecule has 208 valence electrons. The molecule has 4 atom stereocenters. The van der Waals surface area contributed by atoms with Gasteiger partial charge >= 0.3 is 0 Å². The lowest BCUT2D eigenvalue weighted by Crippen LogP contribution is -2.43. The number of carbonyl (C=O) groups excluding carboxylic acids is 2. The zero-order chi connectivity index (χ0) is 27.0. The molecule has 39 heavy (non-hydrogen) atoms. The molecule has 3 saturated heterocycles. The first-order valence-electron chi connectivity index (χ1n) is 15.0. The van der Waals surface area contributed by atoms with Crippen LogP contribution in [0.3, 0.4) is 0 Å². The Morgan fingerprint density at radius 2 is 1.69 bits per heavy atom. The molecule has 0 bridgehead atoms. The van der Waals surface area contributed by atoms with Crippen LogP contribution in [-0.4, -0.2) is 88.7 Å². The summed E-state index contributed by atoms with van der Waals surface area (Å²) < 4.78 is 0. The summed E-state index contributed by atoms with van der Waals surface area (Å²) in [7, 11) is 0. The molecule has 2 aromatic rings. The van der Waals surface area contributed by atoms with Crippen molar-refractivity contribution < 1.29 is 9.59 Å². The predicted octanol–water partition coefficient (Wildman–Crippen LogP) is 3.89. The van der Waals surface area contributed by atoms with Gasteiger partial charge in [0.05, 0.1) is 23.0 Å². The number of rotatable bonds is 8. The Kier molecular flexibility index (Phi) is 7.56. The number of carbonyl (C=O) groups is 2. The third kappa shape index (κ3) is 5.16. The van der Waals surface area contributed by atoms with Crippen LogP contribution < -0.4 is 0 Å². The Hall–Kier alpha value is -2.64. The minimum Gasteiger partial charge on any atom is -0.338 e. The van der Waals surface area contributed by atoms with Gasteiger partial charge in [-0.25, -0.2) is 9.97 Å². The van der Waals surface area contributed by atoms with E-state index in [2.05, 4.69) is 50.1 Å². The van der Waals surface area contributed by atoms with Crippen LogP contribution in [-0.2, 0) is 10.2 Å². The molecule has 4 fully saturated rings. The van der Waals surface area contributed by atoms with Crippen LogP contribution in [0.2, 0.25) is 0 Å². The van der Waals surface area contributed by atoms with Gasteiger partial charge in [0, 0.05) is 38.1 Å². The number of benzene rings is 1. The molecule has 6 rings (SSSR count). The number of fused-ring (bicyclic) bond motifs is 1. The van der Waals surface area contributed by atoms with E-state index >= 15 is 0 Å². The Morgan fingerprint density at radius 3 is 2.33 bits per heavy atom. The summed E-state index contributed by atoms with van der Waals surface area (Å²) in [5.74, 6) is 1.70. The quantitative estimate of drug-likeness (QED) is 0.484. The summed E-state index contributed by atoms with van der Waals surface area (Å²) in [6.45, 7) is 10.6. The average molecular weight is 530 g/mol. The molecule has 1 aliphatic carbocycles. The molecular weight excluding hydrogens is 486 g/mol. The summed E-state index contributed by atoms with van der Waals surface area (Å²) in [5, 5.41) is 0. The number of nitrogens with zero attached hydrogens (tertiary/aromatic N) is 5. The number of hydrogen-bond acceptors (Lipinski definition) is 6. The minimum atomic E-state index is 0.0787. The van der Waals surface area contributed by atoms with Crippen molar-refractivity contribution in [2.24, 2.45) is 17.8 Å². The van der Waals surface area contributed by atoms with Crippen molar-refractivity contribution in [1.82, 2.24) is 24.7 Å². The van der Waals surface area contributed by atoms with Crippen LogP contribution in [0.5, 0.6) is 0 Å². The largest absolute Gasteiger partial charge is 0.338 e. The fourth-order valence-electron chi connectivity index (χ4n) is 8.20. The SMILES string of the molecule is Cc1ncnc(C)c1C(=O)N1CC2CN(CCC3(c4ccccc4)CCN(C(C=O)C4CCCC4)C3)CC2C1. The number of aldehydes is 1. The van der Waals surface area contributed by atoms with E-state index in [1.165, 1.54) is 43.9 Å². The van der Waals surface area contributed by atoms with Gasteiger partial charge in [0.15, 0.2) is 0 Å². The van der Waals surface area contributed by atoms with Crippen LogP contribution in [0.15, 0.2) is 36.7 Å². The highest BCUT2D eigenvalue weighted by atomic mass is 16.2. The molecule has 0 N–H and O–H groups in total. The highest BCUT2D eigenvalue weighted by molar-refractivity contribution is 5.96. The van der Waals surface area contributed by atoms with E-state index in [4.69, 9.17) is 0 Å². The van der Waals surface area contributed by atoms with E-state index in [0.717, 1.165) is 70.0 Å². The second-order valence-electron chi connectivity index (χ2n) is 12.7. The van der Waals surface area contributed by atoms with Gasteiger partial charge in [0.1, 0.15) is 12.6 Å². The molecular formula is C32H43N5O2.